The molecule has 0 saturated carbocycles. The lowest BCUT2D eigenvalue weighted by molar-refractivity contribution is 0.487. The molecule has 24 heavy (non-hydrogen) atoms. The molecule has 1 nitrogen and oxygen atoms in total. The van der Waals surface area contributed by atoms with E-state index in [2.05, 4.69) is 52.4 Å². The van der Waals surface area contributed by atoms with Crippen LogP contribution in [0, 0.1) is 0 Å². The van der Waals surface area contributed by atoms with E-state index in [1.165, 1.54) is 27.3 Å². The van der Waals surface area contributed by atoms with Crippen LogP contribution in [0.1, 0.15) is 0 Å². The van der Waals surface area contributed by atoms with Gasteiger partial charge in [-0.2, -0.15) is 0 Å². The van der Waals surface area contributed by atoms with E-state index in [4.69, 9.17) is 4.74 Å². The van der Waals surface area contributed by atoms with Crippen LogP contribution < -0.4 is 42.5 Å². The molecule has 2 aromatic carbocycles. The van der Waals surface area contributed by atoms with Crippen molar-refractivity contribution in [2.45, 2.75) is 0 Å². The zero-order chi connectivity index (χ0) is 17.9. The van der Waals surface area contributed by atoms with Gasteiger partial charge in [0.1, 0.15) is 50.7 Å². The fraction of sp³-hybridized carbons (Fsp3) is 0. The Balaban J connectivity index is 2.67. The number of rotatable bonds is 2. The van der Waals surface area contributed by atoms with Crippen molar-refractivity contribution in [3.63, 3.8) is 0 Å². The summed E-state index contributed by atoms with van der Waals surface area (Å²) in [5.41, 5.74) is 6.25. The molecule has 0 bridgehead atoms. The summed E-state index contributed by atoms with van der Waals surface area (Å²) in [5, 5.41) is 1.78. The third-order valence-corrected chi connectivity index (χ3v) is 4.74. The highest BCUT2D eigenvalue weighted by Gasteiger charge is 2.13. The molecule has 0 heterocycles. The third kappa shape index (κ3) is 3.81. The highest BCUT2D eigenvalue weighted by molar-refractivity contribution is 6.67. The molecule has 0 aliphatic rings. The van der Waals surface area contributed by atoms with Crippen molar-refractivity contribution in [2.75, 3.05) is 0 Å². The van der Waals surface area contributed by atoms with Crippen LogP contribution in [0.4, 0.5) is 0 Å². The zero-order valence-electron chi connectivity index (χ0n) is 15.4. The van der Waals surface area contributed by atoms with Gasteiger partial charge in [-0.25, -0.2) is 0 Å². The molecule has 6 heteroatoms. The van der Waals surface area contributed by atoms with Gasteiger partial charge in [0.25, 0.3) is 0 Å². The minimum atomic E-state index is 0.749. The van der Waals surface area contributed by atoms with E-state index in [1.807, 2.05) is 42.5 Å². The molecule has 0 aromatic heterocycles. The highest BCUT2D eigenvalue weighted by atomic mass is 16.5. The Kier molecular flexibility index (Phi) is 5.72. The second-order valence-electron chi connectivity index (χ2n) is 6.26. The van der Waals surface area contributed by atoms with E-state index >= 15 is 0 Å². The van der Waals surface area contributed by atoms with E-state index < -0.39 is 0 Å². The predicted octanol–water partition coefficient (Wildman–Crippen LogP) is -5.28. The minimum absolute atomic E-state index is 0.749. The summed E-state index contributed by atoms with van der Waals surface area (Å²) >= 11 is 0. The SMILES string of the molecule is Bc1c(B)c(B)c(Oc2cccc(=C)ccccc2=C)c(B)c1B. The first-order valence-electron chi connectivity index (χ1n) is 8.19. The molecule has 0 atom stereocenters. The predicted molar refractivity (Wildman–Crippen MR) is 122 cm³/mol. The molecule has 2 aromatic rings. The van der Waals surface area contributed by atoms with Crippen LogP contribution >= 0.6 is 0 Å². The standard InChI is InChI=1S/C18H21B5O/c1-10-6-3-4-8-11(2)12(9-5-7-10)24-18-16(22)14(20)13(19)15(21)17(18)23/h3-9H,1-2,19-23H2. The van der Waals surface area contributed by atoms with Gasteiger partial charge in [0.15, 0.2) is 0 Å². The van der Waals surface area contributed by atoms with Crippen LogP contribution in [0.5, 0.6) is 11.5 Å². The van der Waals surface area contributed by atoms with Crippen LogP contribution in [0.15, 0.2) is 42.5 Å². The molecule has 0 saturated heterocycles. The normalized spacial score (nSPS) is 10.0. The molecule has 0 spiro atoms. The van der Waals surface area contributed by atoms with E-state index in [1.54, 1.807) is 0 Å². The number of benzene rings is 1. The smallest absolute Gasteiger partial charge is 0.143 e. The first-order valence-corrected chi connectivity index (χ1v) is 8.19. The Morgan fingerprint density at radius 1 is 0.625 bits per heavy atom. The van der Waals surface area contributed by atoms with Crippen LogP contribution in [-0.2, 0) is 0 Å². The highest BCUT2D eigenvalue weighted by Crippen LogP contribution is 2.10. The van der Waals surface area contributed by atoms with Crippen molar-refractivity contribution in [1.29, 1.82) is 0 Å². The second kappa shape index (κ2) is 7.57. The summed E-state index contributed by atoms with van der Waals surface area (Å²) in [6, 6.07) is 13.7. The Hall–Kier alpha value is -2.22. The summed E-state index contributed by atoms with van der Waals surface area (Å²) in [6.45, 7) is 8.11. The van der Waals surface area contributed by atoms with Crippen LogP contribution in [-0.4, -0.2) is 39.2 Å². The minimum Gasteiger partial charge on any atom is -0.458 e. The van der Waals surface area contributed by atoms with Crippen molar-refractivity contribution in [1.82, 2.24) is 0 Å². The Morgan fingerprint density at radius 2 is 1.12 bits per heavy atom. The third-order valence-electron chi connectivity index (χ3n) is 4.74. The lowest BCUT2D eigenvalue weighted by atomic mass is 9.62. The largest absolute Gasteiger partial charge is 0.458 e. The van der Waals surface area contributed by atoms with Crippen molar-refractivity contribution in [3.05, 3.63) is 52.9 Å². The Morgan fingerprint density at radius 3 is 1.75 bits per heavy atom. The monoisotopic (exact) mass is 308 g/mol. The summed E-state index contributed by atoms with van der Waals surface area (Å²) < 4.78 is 6.32. The fourth-order valence-electron chi connectivity index (χ4n) is 2.68. The van der Waals surface area contributed by atoms with Crippen LogP contribution in [0.25, 0.3) is 13.2 Å². The van der Waals surface area contributed by atoms with Crippen LogP contribution in [0.2, 0.25) is 0 Å². The number of hydrogen-bond acceptors (Lipinski definition) is 1. The van der Waals surface area contributed by atoms with Crippen LogP contribution in [0.3, 0.4) is 0 Å². The Bertz CT molecular complexity index is 910. The number of hydrogen-bond donors (Lipinski definition) is 0. The quantitative estimate of drug-likeness (QED) is 0.504. The van der Waals surface area contributed by atoms with E-state index in [0.717, 1.165) is 21.9 Å². The van der Waals surface area contributed by atoms with Gasteiger partial charge in [0.05, 0.1) is 0 Å². The molecule has 2 rings (SSSR count). The molecule has 0 N–H and O–H groups in total. The molecule has 0 fully saturated rings. The summed E-state index contributed by atoms with van der Waals surface area (Å²) in [6.07, 6.45) is 0. The number of ether oxygens (including phenoxy) is 1. The summed E-state index contributed by atoms with van der Waals surface area (Å²) in [5.74, 6) is 1.68. The van der Waals surface area contributed by atoms with Gasteiger partial charge < -0.3 is 4.74 Å². The van der Waals surface area contributed by atoms with Crippen molar-refractivity contribution < 1.29 is 4.74 Å². The van der Waals surface area contributed by atoms with Gasteiger partial charge in [-0.15, -0.1) is 5.46 Å². The van der Waals surface area contributed by atoms with Crippen molar-refractivity contribution in [2.24, 2.45) is 0 Å². The zero-order valence-corrected chi connectivity index (χ0v) is 15.4. The van der Waals surface area contributed by atoms with Crippen molar-refractivity contribution >= 4 is 79.7 Å². The molecule has 0 aliphatic heterocycles. The van der Waals surface area contributed by atoms with E-state index in [-0.39, 0.29) is 0 Å². The van der Waals surface area contributed by atoms with Gasteiger partial charge in [-0.05, 0) is 11.3 Å². The van der Waals surface area contributed by atoms with Gasteiger partial charge >= 0.3 is 0 Å². The lowest BCUT2D eigenvalue weighted by Gasteiger charge is -2.20. The molecule has 0 unspecified atom stereocenters. The second-order valence-corrected chi connectivity index (χ2v) is 6.26. The van der Waals surface area contributed by atoms with Gasteiger partial charge in [0.2, 0.25) is 0 Å². The lowest BCUT2D eigenvalue weighted by Crippen LogP contribution is -2.54. The fourth-order valence-corrected chi connectivity index (χ4v) is 2.68. The topological polar surface area (TPSA) is 9.23 Å². The maximum Gasteiger partial charge on any atom is 0.143 e. The van der Waals surface area contributed by atoms with Gasteiger partial charge in [-0.1, -0.05) is 71.4 Å². The van der Waals surface area contributed by atoms with Crippen molar-refractivity contribution in [3.8, 4) is 11.5 Å². The van der Waals surface area contributed by atoms with E-state index in [9.17, 15) is 0 Å². The first-order chi connectivity index (χ1) is 11.3. The molecular formula is C18H21B5O. The molecule has 0 radical (unpaired) electrons. The molecule has 0 amide bonds. The molecular weight excluding hydrogens is 286 g/mol. The average molecular weight is 307 g/mol. The molecule has 114 valence electrons. The first kappa shape index (κ1) is 18.1. The maximum atomic E-state index is 6.32. The summed E-state index contributed by atoms with van der Waals surface area (Å²) in [7, 11) is 10.7. The van der Waals surface area contributed by atoms with Gasteiger partial charge in [0, 0.05) is 5.22 Å². The molecule has 0 aliphatic carbocycles. The maximum absolute atomic E-state index is 6.32. The van der Waals surface area contributed by atoms with Gasteiger partial charge in [-0.3, -0.25) is 0 Å². The summed E-state index contributed by atoms with van der Waals surface area (Å²) in [4.78, 5) is 0. The average Bonchev–Trinajstić information content (AvgIpc) is 2.56. The Labute approximate surface area is 149 Å². The van der Waals surface area contributed by atoms with E-state index in [0.29, 0.717) is 0 Å².